The largest absolute Gasteiger partial charge is 0.609 e. The summed E-state index contributed by atoms with van der Waals surface area (Å²) in [5.74, 6) is 2.33. The van der Waals surface area contributed by atoms with Crippen LogP contribution in [0.5, 0.6) is 0 Å². The van der Waals surface area contributed by atoms with Crippen molar-refractivity contribution in [1.29, 1.82) is 0 Å². The van der Waals surface area contributed by atoms with E-state index in [1.165, 1.54) is 0 Å². The van der Waals surface area contributed by atoms with E-state index < -0.39 is 11.2 Å². The first-order valence-electron chi connectivity index (χ1n) is 10.8. The number of aromatic nitrogens is 1. The minimum Gasteiger partial charge on any atom is -0.609 e. The van der Waals surface area contributed by atoms with Crippen LogP contribution in [0.25, 0.3) is 11.1 Å². The molecule has 3 fully saturated rings. The van der Waals surface area contributed by atoms with Gasteiger partial charge in [-0.3, -0.25) is 4.79 Å². The fraction of sp³-hybridized carbons (Fsp3) is 0.478. The third-order valence-electron chi connectivity index (χ3n) is 6.88. The SMILES string of the molecule is O=C(NC1CC2(C1)CC(c1nc3cc(Cl)ccc3o1)C2)c1ccc([S@+]([O-])CC2CC2)o1. The van der Waals surface area contributed by atoms with Crippen molar-refractivity contribution >= 4 is 39.8 Å². The van der Waals surface area contributed by atoms with E-state index in [0.29, 0.717) is 27.7 Å². The number of hydrogen-bond acceptors (Lipinski definition) is 5. The van der Waals surface area contributed by atoms with Crippen LogP contribution in [0.2, 0.25) is 5.02 Å². The second kappa shape index (κ2) is 7.29. The number of oxazole rings is 1. The van der Waals surface area contributed by atoms with Crippen molar-refractivity contribution in [1.82, 2.24) is 10.3 Å². The zero-order valence-electron chi connectivity index (χ0n) is 16.9. The Morgan fingerprint density at radius 2 is 2.00 bits per heavy atom. The number of benzene rings is 1. The predicted octanol–water partition coefficient (Wildman–Crippen LogP) is 5.05. The van der Waals surface area contributed by atoms with Gasteiger partial charge in [-0.25, -0.2) is 4.98 Å². The van der Waals surface area contributed by atoms with E-state index in [2.05, 4.69) is 10.3 Å². The number of carbonyl (C=O) groups is 1. The van der Waals surface area contributed by atoms with Crippen LogP contribution < -0.4 is 5.32 Å². The van der Waals surface area contributed by atoms with Crippen molar-refractivity contribution in [2.24, 2.45) is 11.3 Å². The lowest BCUT2D eigenvalue weighted by molar-refractivity contribution is -0.0256. The summed E-state index contributed by atoms with van der Waals surface area (Å²) in [4.78, 5) is 17.1. The molecule has 0 radical (unpaired) electrons. The van der Waals surface area contributed by atoms with E-state index >= 15 is 0 Å². The second-order valence-electron chi connectivity index (χ2n) is 9.42. The summed E-state index contributed by atoms with van der Waals surface area (Å²) in [7, 11) is 0. The third-order valence-corrected chi connectivity index (χ3v) is 8.56. The molecule has 3 aliphatic carbocycles. The van der Waals surface area contributed by atoms with Crippen LogP contribution in [0.3, 0.4) is 0 Å². The van der Waals surface area contributed by atoms with E-state index in [9.17, 15) is 9.35 Å². The van der Waals surface area contributed by atoms with Gasteiger partial charge in [-0.1, -0.05) is 11.6 Å². The molecule has 6 nitrogen and oxygen atoms in total. The first-order valence-corrected chi connectivity index (χ1v) is 12.5. The Hall–Kier alpha value is -1.96. The van der Waals surface area contributed by atoms with Crippen molar-refractivity contribution in [3.8, 4) is 0 Å². The van der Waals surface area contributed by atoms with Crippen LogP contribution in [0.1, 0.15) is 60.9 Å². The first-order chi connectivity index (χ1) is 15.0. The number of halogens is 1. The predicted molar refractivity (Wildman–Crippen MR) is 117 cm³/mol. The molecule has 162 valence electrons. The number of fused-ring (bicyclic) bond motifs is 1. The molecule has 0 saturated heterocycles. The van der Waals surface area contributed by atoms with Crippen molar-refractivity contribution in [2.45, 2.75) is 55.6 Å². The van der Waals surface area contributed by atoms with Crippen molar-refractivity contribution < 1.29 is 18.2 Å². The average Bonchev–Trinajstić information content (AvgIpc) is 3.20. The highest BCUT2D eigenvalue weighted by Crippen LogP contribution is 2.61. The topological polar surface area (TPSA) is 91.3 Å². The van der Waals surface area contributed by atoms with Crippen LogP contribution in [-0.2, 0) is 11.2 Å². The van der Waals surface area contributed by atoms with Gasteiger partial charge in [-0.05, 0) is 68.2 Å². The molecule has 6 rings (SSSR count). The first kappa shape index (κ1) is 19.7. The number of hydrogen-bond donors (Lipinski definition) is 1. The Morgan fingerprint density at radius 1 is 1.19 bits per heavy atom. The van der Waals surface area contributed by atoms with E-state index in [0.717, 1.165) is 55.5 Å². The Bertz CT molecular complexity index is 1140. The Kier molecular flexibility index (Phi) is 4.63. The highest BCUT2D eigenvalue weighted by Gasteiger charge is 2.54. The van der Waals surface area contributed by atoms with Gasteiger partial charge in [0.2, 0.25) is 0 Å². The molecule has 3 saturated carbocycles. The van der Waals surface area contributed by atoms with Crippen LogP contribution >= 0.6 is 11.6 Å². The number of nitrogens with zero attached hydrogens (tertiary/aromatic N) is 1. The monoisotopic (exact) mass is 458 g/mol. The van der Waals surface area contributed by atoms with E-state index in [1.54, 1.807) is 12.1 Å². The Labute approximate surface area is 187 Å². The minimum absolute atomic E-state index is 0.154. The lowest BCUT2D eigenvalue weighted by Gasteiger charge is -2.57. The number of rotatable bonds is 6. The molecule has 1 atom stereocenters. The summed E-state index contributed by atoms with van der Waals surface area (Å²) in [5, 5.41) is 4.12. The molecular weight excluding hydrogens is 436 g/mol. The van der Waals surface area contributed by atoms with Gasteiger partial charge in [-0.2, -0.15) is 0 Å². The Balaban J connectivity index is 1.01. The summed E-state index contributed by atoms with van der Waals surface area (Å²) < 4.78 is 23.7. The van der Waals surface area contributed by atoms with Gasteiger partial charge >= 0.3 is 5.09 Å². The quantitative estimate of drug-likeness (QED) is 0.522. The molecule has 3 aromatic rings. The summed E-state index contributed by atoms with van der Waals surface area (Å²) in [6, 6.07) is 8.95. The van der Waals surface area contributed by atoms with Crippen LogP contribution in [0.4, 0.5) is 0 Å². The van der Waals surface area contributed by atoms with Gasteiger partial charge in [0.15, 0.2) is 17.2 Å². The summed E-state index contributed by atoms with van der Waals surface area (Å²) in [6.45, 7) is 0. The molecule has 1 aromatic carbocycles. The summed E-state index contributed by atoms with van der Waals surface area (Å²) in [5.41, 5.74) is 1.86. The molecule has 1 N–H and O–H groups in total. The fourth-order valence-corrected chi connectivity index (χ4v) is 6.57. The maximum Gasteiger partial charge on any atom is 0.311 e. The van der Waals surface area contributed by atoms with Crippen LogP contribution in [-0.4, -0.2) is 27.2 Å². The molecule has 31 heavy (non-hydrogen) atoms. The van der Waals surface area contributed by atoms with E-state index in [4.69, 9.17) is 20.4 Å². The van der Waals surface area contributed by atoms with Gasteiger partial charge in [0.05, 0.1) is 0 Å². The minimum atomic E-state index is -1.15. The molecule has 2 heterocycles. The maximum absolute atomic E-state index is 12.5. The number of amides is 1. The number of furan rings is 1. The third kappa shape index (κ3) is 3.77. The molecule has 2 aromatic heterocycles. The summed E-state index contributed by atoms with van der Waals surface area (Å²) >= 11 is 4.88. The molecule has 3 aliphatic rings. The van der Waals surface area contributed by atoms with Gasteiger partial charge < -0.3 is 18.7 Å². The fourth-order valence-electron chi connectivity index (χ4n) is 5.08. The highest BCUT2D eigenvalue weighted by molar-refractivity contribution is 7.91. The molecule has 8 heteroatoms. The van der Waals surface area contributed by atoms with Gasteiger partial charge in [0.25, 0.3) is 5.91 Å². The molecule has 0 bridgehead atoms. The van der Waals surface area contributed by atoms with Crippen LogP contribution in [0.15, 0.2) is 44.3 Å². The lowest BCUT2D eigenvalue weighted by atomic mass is 9.50. The number of nitrogens with one attached hydrogen (secondary N) is 1. The zero-order valence-corrected chi connectivity index (χ0v) is 18.5. The van der Waals surface area contributed by atoms with Crippen molar-refractivity contribution in [3.05, 3.63) is 47.0 Å². The van der Waals surface area contributed by atoms with Crippen molar-refractivity contribution in [2.75, 3.05) is 5.75 Å². The molecule has 1 amide bonds. The highest BCUT2D eigenvalue weighted by atomic mass is 35.5. The molecular formula is C23H23ClN2O4S. The molecule has 0 aliphatic heterocycles. The number of carbonyl (C=O) groups excluding carboxylic acids is 1. The smallest absolute Gasteiger partial charge is 0.311 e. The normalized spacial score (nSPS) is 28.3. The molecule has 0 unspecified atom stereocenters. The van der Waals surface area contributed by atoms with Gasteiger partial charge in [0, 0.05) is 40.1 Å². The lowest BCUT2D eigenvalue weighted by Crippen LogP contribution is -2.55. The van der Waals surface area contributed by atoms with E-state index in [1.807, 2.05) is 18.2 Å². The van der Waals surface area contributed by atoms with Crippen LogP contribution in [0, 0.1) is 11.3 Å². The van der Waals surface area contributed by atoms with Gasteiger partial charge in [0.1, 0.15) is 11.3 Å². The Morgan fingerprint density at radius 3 is 2.77 bits per heavy atom. The van der Waals surface area contributed by atoms with Gasteiger partial charge in [-0.15, -0.1) is 0 Å². The molecule has 1 spiro atoms. The maximum atomic E-state index is 12.5. The average molecular weight is 459 g/mol. The summed E-state index contributed by atoms with van der Waals surface area (Å²) in [6.07, 6.45) is 6.27. The second-order valence-corrected chi connectivity index (χ2v) is 11.3. The van der Waals surface area contributed by atoms with E-state index in [-0.39, 0.29) is 23.1 Å². The zero-order chi connectivity index (χ0) is 21.2. The van der Waals surface area contributed by atoms with Crippen molar-refractivity contribution in [3.63, 3.8) is 0 Å². The standard InChI is InChI=1S/C23H23ClN2O4S/c24-15-3-4-18-17(7-15)26-22(30-18)14-8-23(9-14)10-16(11-23)25-21(27)19-5-6-20(29-19)31(28)12-13-1-2-13/h3-7,13-14,16H,1-2,8-12H2,(H,25,27)/t14?,16?,23?,31-/m1/s1.